The lowest BCUT2D eigenvalue weighted by molar-refractivity contribution is -0.141. The second-order valence-corrected chi connectivity index (χ2v) is 4.80. The van der Waals surface area contributed by atoms with Crippen LogP contribution in [0, 0.1) is 5.92 Å². The molecule has 3 rings (SSSR count). The summed E-state index contributed by atoms with van der Waals surface area (Å²) in [7, 11) is 0. The lowest BCUT2D eigenvalue weighted by Crippen LogP contribution is -2.18. The van der Waals surface area contributed by atoms with Crippen molar-refractivity contribution < 1.29 is 9.90 Å². The third-order valence-electron chi connectivity index (χ3n) is 3.29. The Balaban J connectivity index is 2.08. The highest BCUT2D eigenvalue weighted by Gasteiger charge is 2.18. The molecule has 1 aromatic carbocycles. The molecule has 0 aliphatic rings. The van der Waals surface area contributed by atoms with Gasteiger partial charge in [0.25, 0.3) is 0 Å². The molecule has 0 spiro atoms. The van der Waals surface area contributed by atoms with Crippen molar-refractivity contribution in [1.82, 2.24) is 25.2 Å². The topological polar surface area (TPSA) is 93.8 Å². The van der Waals surface area contributed by atoms with Crippen LogP contribution in [0.1, 0.15) is 6.92 Å². The molecule has 3 aromatic rings. The van der Waals surface area contributed by atoms with Gasteiger partial charge >= 0.3 is 5.97 Å². The molecule has 0 radical (unpaired) electrons. The van der Waals surface area contributed by atoms with E-state index in [0.29, 0.717) is 11.5 Å². The fourth-order valence-electron chi connectivity index (χ4n) is 2.13. The normalized spacial score (nSPS) is 12.4. The van der Waals surface area contributed by atoms with Crippen molar-refractivity contribution in [2.24, 2.45) is 5.92 Å². The number of hydrogen-bond donors (Lipinski definition) is 1. The van der Waals surface area contributed by atoms with Gasteiger partial charge in [-0.1, -0.05) is 31.2 Å². The number of fused-ring (bicyclic) bond motifs is 1. The maximum absolute atomic E-state index is 11.0. The number of hydrogen-bond acceptors (Lipinski definition) is 5. The number of aromatic nitrogens is 5. The Bertz CT molecular complexity index is 793. The van der Waals surface area contributed by atoms with Crippen molar-refractivity contribution in [1.29, 1.82) is 0 Å². The quantitative estimate of drug-likeness (QED) is 0.781. The average Bonchev–Trinajstić information content (AvgIpc) is 2.94. The number of tetrazole rings is 1. The molecule has 0 saturated heterocycles. The van der Waals surface area contributed by atoms with E-state index >= 15 is 0 Å². The lowest BCUT2D eigenvalue weighted by Gasteiger charge is -2.09. The van der Waals surface area contributed by atoms with E-state index in [2.05, 4.69) is 20.5 Å². The molecule has 0 fully saturated rings. The summed E-state index contributed by atoms with van der Waals surface area (Å²) < 4.78 is 1.48. The van der Waals surface area contributed by atoms with Gasteiger partial charge in [-0.05, 0) is 21.9 Å². The first-order valence-corrected chi connectivity index (χ1v) is 6.50. The Labute approximate surface area is 120 Å². The van der Waals surface area contributed by atoms with Gasteiger partial charge in [-0.25, -0.2) is 4.68 Å². The van der Waals surface area contributed by atoms with Crippen LogP contribution in [0.3, 0.4) is 0 Å². The van der Waals surface area contributed by atoms with Crippen molar-refractivity contribution in [3.8, 4) is 11.5 Å². The van der Waals surface area contributed by atoms with Gasteiger partial charge in [0.1, 0.15) is 5.69 Å². The number of nitrogens with zero attached hydrogens (tertiary/aromatic N) is 5. The van der Waals surface area contributed by atoms with E-state index in [-0.39, 0.29) is 6.54 Å². The van der Waals surface area contributed by atoms with Gasteiger partial charge in [0, 0.05) is 11.6 Å². The predicted octanol–water partition coefficient (Wildman–Crippen LogP) is 1.61. The fraction of sp³-hybridized carbons (Fsp3) is 0.214. The maximum atomic E-state index is 11.0. The summed E-state index contributed by atoms with van der Waals surface area (Å²) in [6, 6.07) is 9.70. The molecule has 2 heterocycles. The highest BCUT2D eigenvalue weighted by molar-refractivity contribution is 5.92. The molecular weight excluding hydrogens is 270 g/mol. The number of rotatable bonds is 4. The summed E-state index contributed by atoms with van der Waals surface area (Å²) in [4.78, 5) is 15.3. The van der Waals surface area contributed by atoms with E-state index in [9.17, 15) is 4.79 Å². The van der Waals surface area contributed by atoms with Crippen LogP contribution in [0.15, 0.2) is 36.5 Å². The summed E-state index contributed by atoms with van der Waals surface area (Å²) in [5.74, 6) is -0.996. The van der Waals surface area contributed by atoms with E-state index < -0.39 is 11.9 Å². The number of aliphatic carboxylic acids is 1. The molecule has 1 unspecified atom stereocenters. The molecule has 106 valence electrons. The van der Waals surface area contributed by atoms with Gasteiger partial charge in [-0.15, -0.1) is 5.10 Å². The molecule has 0 bridgehead atoms. The highest BCUT2D eigenvalue weighted by atomic mass is 16.4. The first kappa shape index (κ1) is 13.2. The minimum Gasteiger partial charge on any atom is -0.481 e. The highest BCUT2D eigenvalue weighted by Crippen LogP contribution is 2.24. The second-order valence-electron chi connectivity index (χ2n) is 4.80. The van der Waals surface area contributed by atoms with Crippen LogP contribution in [0.25, 0.3) is 22.3 Å². The van der Waals surface area contributed by atoms with Crippen molar-refractivity contribution in [3.05, 3.63) is 36.5 Å². The summed E-state index contributed by atoms with van der Waals surface area (Å²) in [6.45, 7) is 1.81. The Hall–Kier alpha value is -2.83. The second kappa shape index (κ2) is 5.28. The maximum Gasteiger partial charge on any atom is 0.308 e. The van der Waals surface area contributed by atoms with Crippen LogP contribution in [-0.4, -0.2) is 36.3 Å². The predicted molar refractivity (Wildman–Crippen MR) is 75.4 cm³/mol. The van der Waals surface area contributed by atoms with E-state index in [0.717, 1.165) is 10.8 Å². The minimum absolute atomic E-state index is 0.197. The summed E-state index contributed by atoms with van der Waals surface area (Å²) in [5, 5.41) is 22.5. The van der Waals surface area contributed by atoms with Gasteiger partial charge in [0.2, 0.25) is 5.82 Å². The fourth-order valence-corrected chi connectivity index (χ4v) is 2.13. The standard InChI is InChI=1S/C14H13N5O2/c1-9(14(20)21)8-19-13(16-17-18-19)12-11-5-3-2-4-10(11)6-7-15-12/h2-7,9H,8H2,1H3,(H,20,21). The zero-order valence-corrected chi connectivity index (χ0v) is 11.3. The SMILES string of the molecule is CC(Cn1nnnc1-c1nccc2ccccc12)C(=O)O. The number of carboxylic acids is 1. The first-order valence-electron chi connectivity index (χ1n) is 6.50. The number of carboxylic acid groups (broad SMARTS) is 1. The Kier molecular flexibility index (Phi) is 3.31. The first-order chi connectivity index (χ1) is 10.2. The van der Waals surface area contributed by atoms with Crippen LogP contribution >= 0.6 is 0 Å². The van der Waals surface area contributed by atoms with Gasteiger partial charge in [-0.3, -0.25) is 9.78 Å². The van der Waals surface area contributed by atoms with Gasteiger partial charge in [0.15, 0.2) is 0 Å². The van der Waals surface area contributed by atoms with Gasteiger partial charge < -0.3 is 5.11 Å². The zero-order valence-electron chi connectivity index (χ0n) is 11.3. The molecule has 0 saturated carbocycles. The molecule has 7 heteroatoms. The van der Waals surface area contributed by atoms with E-state index in [1.165, 1.54) is 4.68 Å². The molecule has 0 amide bonds. The summed E-state index contributed by atoms with van der Waals surface area (Å²) in [6.07, 6.45) is 1.69. The largest absolute Gasteiger partial charge is 0.481 e. The molecule has 7 nitrogen and oxygen atoms in total. The minimum atomic E-state index is -0.887. The van der Waals surface area contributed by atoms with Crippen molar-refractivity contribution in [3.63, 3.8) is 0 Å². The summed E-state index contributed by atoms with van der Waals surface area (Å²) in [5.41, 5.74) is 0.649. The van der Waals surface area contributed by atoms with Crippen LogP contribution in [0.5, 0.6) is 0 Å². The van der Waals surface area contributed by atoms with E-state index in [4.69, 9.17) is 5.11 Å². The molecular formula is C14H13N5O2. The van der Waals surface area contributed by atoms with Crippen LogP contribution in [0.4, 0.5) is 0 Å². The molecule has 0 aliphatic heterocycles. The van der Waals surface area contributed by atoms with Crippen molar-refractivity contribution in [2.45, 2.75) is 13.5 Å². The van der Waals surface area contributed by atoms with Crippen LogP contribution in [-0.2, 0) is 11.3 Å². The van der Waals surface area contributed by atoms with Crippen molar-refractivity contribution in [2.75, 3.05) is 0 Å². The third kappa shape index (κ3) is 2.45. The zero-order chi connectivity index (χ0) is 14.8. The van der Waals surface area contributed by atoms with Crippen molar-refractivity contribution >= 4 is 16.7 Å². The number of carbonyl (C=O) groups is 1. The molecule has 0 aliphatic carbocycles. The van der Waals surface area contributed by atoms with E-state index in [1.54, 1.807) is 13.1 Å². The smallest absolute Gasteiger partial charge is 0.308 e. The Morgan fingerprint density at radius 3 is 2.95 bits per heavy atom. The monoisotopic (exact) mass is 283 g/mol. The number of pyridine rings is 1. The van der Waals surface area contributed by atoms with E-state index in [1.807, 2.05) is 30.3 Å². The van der Waals surface area contributed by atoms with Crippen LogP contribution in [0.2, 0.25) is 0 Å². The van der Waals surface area contributed by atoms with Gasteiger partial charge in [-0.2, -0.15) is 0 Å². The Morgan fingerprint density at radius 2 is 2.14 bits per heavy atom. The third-order valence-corrected chi connectivity index (χ3v) is 3.29. The Morgan fingerprint density at radius 1 is 1.33 bits per heavy atom. The van der Waals surface area contributed by atoms with Gasteiger partial charge in [0.05, 0.1) is 12.5 Å². The van der Waals surface area contributed by atoms with Crippen LogP contribution < -0.4 is 0 Å². The summed E-state index contributed by atoms with van der Waals surface area (Å²) >= 11 is 0. The molecule has 21 heavy (non-hydrogen) atoms. The molecule has 1 N–H and O–H groups in total. The molecule has 1 atom stereocenters. The average molecular weight is 283 g/mol. The molecule has 2 aromatic heterocycles. The lowest BCUT2D eigenvalue weighted by atomic mass is 10.1. The number of benzene rings is 1.